The summed E-state index contributed by atoms with van der Waals surface area (Å²) in [7, 11) is -2.09. The molecule has 0 amide bonds. The molecule has 2 aromatic carbocycles. The first-order valence-corrected chi connectivity index (χ1v) is 10.8. The second-order valence-corrected chi connectivity index (χ2v) is 8.64. The maximum Gasteiger partial charge on any atom is 0.261 e. The van der Waals surface area contributed by atoms with E-state index in [0.29, 0.717) is 28.6 Å². The first-order chi connectivity index (χ1) is 14.2. The lowest BCUT2D eigenvalue weighted by atomic mass is 10.1. The molecule has 1 heterocycles. The topological polar surface area (TPSA) is 117 Å². The molecule has 0 aliphatic heterocycles. The summed E-state index contributed by atoms with van der Waals surface area (Å²) in [5.74, 6) is -0.860. The molecule has 0 saturated carbocycles. The molecule has 0 bridgehead atoms. The molecule has 0 spiro atoms. The zero-order valence-electron chi connectivity index (χ0n) is 16.7. The summed E-state index contributed by atoms with van der Waals surface area (Å²) >= 11 is 0. The quantitative estimate of drug-likeness (QED) is 0.622. The lowest BCUT2D eigenvalue weighted by Gasteiger charge is -2.16. The number of hydrogen-bond donors (Lipinski definition) is 2. The molecule has 0 fully saturated rings. The average molecular weight is 429 g/mol. The maximum atomic E-state index is 14.6. The van der Waals surface area contributed by atoms with Crippen LogP contribution in [0.1, 0.15) is 24.5 Å². The van der Waals surface area contributed by atoms with E-state index in [1.54, 1.807) is 33.0 Å². The van der Waals surface area contributed by atoms with Crippen LogP contribution in [0.3, 0.4) is 0 Å². The van der Waals surface area contributed by atoms with Crippen LogP contribution in [0, 0.1) is 24.1 Å². The van der Waals surface area contributed by atoms with Gasteiger partial charge in [0.1, 0.15) is 17.4 Å². The highest BCUT2D eigenvalue weighted by molar-refractivity contribution is 7.92. The maximum absolute atomic E-state index is 14.6. The summed E-state index contributed by atoms with van der Waals surface area (Å²) < 4.78 is 42.5. The van der Waals surface area contributed by atoms with Crippen molar-refractivity contribution >= 4 is 38.0 Å². The van der Waals surface area contributed by atoms with Crippen molar-refractivity contribution in [3.63, 3.8) is 0 Å². The monoisotopic (exact) mass is 429 g/mol. The minimum Gasteiger partial charge on any atom is -0.352 e. The minimum absolute atomic E-state index is 0.0223. The van der Waals surface area contributed by atoms with Crippen molar-refractivity contribution in [2.24, 2.45) is 7.05 Å². The molecular weight excluding hydrogens is 409 g/mol. The molecular formula is C20H20FN5O3S. The molecule has 0 aliphatic carbocycles. The van der Waals surface area contributed by atoms with Gasteiger partial charge in [0.15, 0.2) is 0 Å². The fourth-order valence-corrected chi connectivity index (χ4v) is 4.26. The van der Waals surface area contributed by atoms with Gasteiger partial charge in [-0.2, -0.15) is 5.26 Å². The molecule has 2 N–H and O–H groups in total. The van der Waals surface area contributed by atoms with Crippen molar-refractivity contribution in [3.8, 4) is 6.07 Å². The third kappa shape index (κ3) is 3.97. The van der Waals surface area contributed by atoms with E-state index in [-0.39, 0.29) is 28.3 Å². The summed E-state index contributed by atoms with van der Waals surface area (Å²) in [6.07, 6.45) is 1.80. The number of nitrogens with zero attached hydrogens (tertiary/aromatic N) is 3. The van der Waals surface area contributed by atoms with Gasteiger partial charge in [0.25, 0.3) is 5.56 Å². The number of aromatic nitrogens is 2. The normalized spacial score (nSPS) is 11.3. The Morgan fingerprint density at radius 2 is 1.93 bits per heavy atom. The molecule has 156 valence electrons. The fourth-order valence-electron chi connectivity index (χ4n) is 3.11. The van der Waals surface area contributed by atoms with Crippen LogP contribution in [-0.2, 0) is 17.1 Å². The lowest BCUT2D eigenvalue weighted by molar-refractivity contribution is 0.599. The van der Waals surface area contributed by atoms with Crippen LogP contribution < -0.4 is 15.6 Å². The zero-order valence-corrected chi connectivity index (χ0v) is 17.5. The first-order valence-electron chi connectivity index (χ1n) is 9.13. The number of halogens is 1. The predicted molar refractivity (Wildman–Crippen MR) is 114 cm³/mol. The molecule has 0 radical (unpaired) electrons. The minimum atomic E-state index is -3.67. The van der Waals surface area contributed by atoms with E-state index in [4.69, 9.17) is 0 Å². The summed E-state index contributed by atoms with van der Waals surface area (Å²) in [5, 5.41) is 12.8. The second kappa shape index (κ2) is 8.12. The van der Waals surface area contributed by atoms with Gasteiger partial charge in [-0.25, -0.2) is 17.8 Å². The zero-order chi connectivity index (χ0) is 22.1. The molecule has 3 rings (SSSR count). The van der Waals surface area contributed by atoms with Crippen LogP contribution in [0.4, 0.5) is 21.5 Å². The van der Waals surface area contributed by atoms with Gasteiger partial charge in [-0.05, 0) is 43.2 Å². The van der Waals surface area contributed by atoms with E-state index in [2.05, 4.69) is 15.0 Å². The fraction of sp³-hybridized carbons (Fsp3) is 0.250. The molecule has 30 heavy (non-hydrogen) atoms. The summed E-state index contributed by atoms with van der Waals surface area (Å²) in [4.78, 5) is 16.7. The van der Waals surface area contributed by atoms with Gasteiger partial charge in [0.05, 0.1) is 34.4 Å². The highest BCUT2D eigenvalue weighted by Gasteiger charge is 2.19. The molecule has 10 heteroatoms. The molecule has 0 aliphatic rings. The van der Waals surface area contributed by atoms with Crippen molar-refractivity contribution < 1.29 is 12.8 Å². The standard InChI is InChI=1S/C20H20FN5O3S/c1-4-9-30(28,29)25-16-6-5-14(21)19(13(16)10-22)24-15-7-8-17-18(12(15)2)20(27)26(3)11-23-17/h5-8,11,24-25H,4,9H2,1-3H3. The van der Waals surface area contributed by atoms with E-state index in [9.17, 15) is 22.9 Å². The van der Waals surface area contributed by atoms with Crippen molar-refractivity contribution in [2.75, 3.05) is 15.8 Å². The van der Waals surface area contributed by atoms with Gasteiger partial charge in [-0.15, -0.1) is 0 Å². The Morgan fingerprint density at radius 3 is 2.60 bits per heavy atom. The third-order valence-corrected chi connectivity index (χ3v) is 6.09. The second-order valence-electron chi connectivity index (χ2n) is 6.80. The average Bonchev–Trinajstić information content (AvgIpc) is 2.68. The van der Waals surface area contributed by atoms with E-state index >= 15 is 0 Å². The Balaban J connectivity index is 2.13. The Labute approximate surface area is 173 Å². The molecule has 0 unspecified atom stereocenters. The Morgan fingerprint density at radius 1 is 1.23 bits per heavy atom. The van der Waals surface area contributed by atoms with E-state index in [1.165, 1.54) is 17.0 Å². The van der Waals surface area contributed by atoms with Crippen LogP contribution >= 0.6 is 0 Å². The number of benzene rings is 2. The Hall–Kier alpha value is -3.45. The number of nitriles is 1. The smallest absolute Gasteiger partial charge is 0.261 e. The summed E-state index contributed by atoms with van der Waals surface area (Å²) in [6, 6.07) is 7.38. The number of fused-ring (bicyclic) bond motifs is 1. The number of rotatable bonds is 6. The number of nitrogens with one attached hydrogen (secondary N) is 2. The Kier molecular flexibility index (Phi) is 5.75. The molecule has 3 aromatic rings. The number of anilines is 3. The van der Waals surface area contributed by atoms with E-state index < -0.39 is 15.8 Å². The highest BCUT2D eigenvalue weighted by Crippen LogP contribution is 2.32. The lowest BCUT2D eigenvalue weighted by Crippen LogP contribution is -2.18. The number of aryl methyl sites for hydroxylation is 2. The number of hydrogen-bond acceptors (Lipinski definition) is 6. The van der Waals surface area contributed by atoms with Crippen molar-refractivity contribution in [3.05, 3.63) is 57.9 Å². The van der Waals surface area contributed by atoms with Gasteiger partial charge >= 0.3 is 0 Å². The first kappa shape index (κ1) is 21.3. The van der Waals surface area contributed by atoms with Crippen molar-refractivity contribution in [1.82, 2.24) is 9.55 Å². The predicted octanol–water partition coefficient (Wildman–Crippen LogP) is 3.15. The van der Waals surface area contributed by atoms with Gasteiger partial charge < -0.3 is 9.88 Å². The molecule has 0 atom stereocenters. The van der Waals surface area contributed by atoms with E-state index in [0.717, 1.165) is 6.07 Å². The van der Waals surface area contributed by atoms with E-state index in [1.807, 2.05) is 6.07 Å². The summed E-state index contributed by atoms with van der Waals surface area (Å²) in [6.45, 7) is 3.40. The number of sulfonamides is 1. The SMILES string of the molecule is CCCS(=O)(=O)Nc1ccc(F)c(Nc2ccc3ncn(C)c(=O)c3c2C)c1C#N. The van der Waals surface area contributed by atoms with Crippen LogP contribution in [0.25, 0.3) is 10.9 Å². The largest absolute Gasteiger partial charge is 0.352 e. The highest BCUT2D eigenvalue weighted by atomic mass is 32.2. The van der Waals surface area contributed by atoms with Crippen LogP contribution in [0.15, 0.2) is 35.4 Å². The molecule has 0 saturated heterocycles. The summed E-state index contributed by atoms with van der Waals surface area (Å²) in [5.41, 5.74) is 0.765. The Bertz CT molecular complexity index is 1340. The van der Waals surface area contributed by atoms with Crippen molar-refractivity contribution in [1.29, 1.82) is 5.26 Å². The van der Waals surface area contributed by atoms with Gasteiger partial charge in [0.2, 0.25) is 10.0 Å². The van der Waals surface area contributed by atoms with Crippen molar-refractivity contribution in [2.45, 2.75) is 20.3 Å². The van der Waals surface area contributed by atoms with Gasteiger partial charge in [0, 0.05) is 12.7 Å². The van der Waals surface area contributed by atoms with Crippen LogP contribution in [0.5, 0.6) is 0 Å². The third-order valence-electron chi connectivity index (χ3n) is 4.61. The van der Waals surface area contributed by atoms with Gasteiger partial charge in [-0.1, -0.05) is 6.92 Å². The van der Waals surface area contributed by atoms with Crippen LogP contribution in [-0.4, -0.2) is 23.7 Å². The van der Waals surface area contributed by atoms with Gasteiger partial charge in [-0.3, -0.25) is 9.52 Å². The molecule has 8 nitrogen and oxygen atoms in total. The molecule has 1 aromatic heterocycles. The van der Waals surface area contributed by atoms with Crippen LogP contribution in [0.2, 0.25) is 0 Å².